The van der Waals surface area contributed by atoms with Crippen LogP contribution in [0, 0.1) is 6.92 Å². The summed E-state index contributed by atoms with van der Waals surface area (Å²) in [7, 11) is 0. The van der Waals surface area contributed by atoms with E-state index in [2.05, 4.69) is 0 Å². The first kappa shape index (κ1) is 12.0. The van der Waals surface area contributed by atoms with Crippen molar-refractivity contribution in [3.05, 3.63) is 34.3 Å². The molecule has 0 saturated carbocycles. The quantitative estimate of drug-likeness (QED) is 0.739. The summed E-state index contributed by atoms with van der Waals surface area (Å²) in [5.74, 6) is 1.30. The minimum atomic E-state index is -0.238. The molecule has 1 aromatic rings. The van der Waals surface area contributed by atoms with Crippen molar-refractivity contribution in [3.63, 3.8) is 0 Å². The lowest BCUT2D eigenvalue weighted by Gasteiger charge is -2.21. The molecular formula is C13H15ClOS. The first-order valence-corrected chi connectivity index (χ1v) is 6.84. The molecular weight excluding hydrogens is 240 g/mol. The Labute approximate surface area is 106 Å². The van der Waals surface area contributed by atoms with Gasteiger partial charge in [-0.1, -0.05) is 23.7 Å². The largest absolute Gasteiger partial charge is 0.293 e. The molecule has 0 spiro atoms. The Morgan fingerprint density at radius 1 is 1.50 bits per heavy atom. The molecule has 86 valence electrons. The Bertz CT molecular complexity index is 422. The van der Waals surface area contributed by atoms with E-state index in [4.69, 9.17) is 11.6 Å². The zero-order chi connectivity index (χ0) is 11.8. The smallest absolute Gasteiger partial charge is 0.178 e. The van der Waals surface area contributed by atoms with Crippen LogP contribution in [0.2, 0.25) is 5.02 Å². The first-order valence-electron chi connectivity index (χ1n) is 5.48. The van der Waals surface area contributed by atoms with Crippen molar-refractivity contribution in [1.82, 2.24) is 0 Å². The van der Waals surface area contributed by atoms with Crippen LogP contribution in [0.1, 0.15) is 35.7 Å². The van der Waals surface area contributed by atoms with Crippen molar-refractivity contribution in [3.8, 4) is 0 Å². The molecule has 1 saturated heterocycles. The van der Waals surface area contributed by atoms with Gasteiger partial charge >= 0.3 is 0 Å². The van der Waals surface area contributed by atoms with E-state index in [-0.39, 0.29) is 10.5 Å². The Morgan fingerprint density at radius 3 is 2.81 bits per heavy atom. The first-order chi connectivity index (χ1) is 7.53. The van der Waals surface area contributed by atoms with Crippen LogP contribution in [0.4, 0.5) is 0 Å². The second-order valence-electron chi connectivity index (χ2n) is 4.48. The summed E-state index contributed by atoms with van der Waals surface area (Å²) in [6.07, 6.45) is 2.11. The van der Waals surface area contributed by atoms with E-state index in [0.717, 1.165) is 29.7 Å². The maximum atomic E-state index is 12.4. The fourth-order valence-corrected chi connectivity index (χ4v) is 3.45. The van der Waals surface area contributed by atoms with E-state index in [1.165, 1.54) is 0 Å². The molecule has 0 aliphatic carbocycles. The number of hydrogen-bond acceptors (Lipinski definition) is 2. The maximum absolute atomic E-state index is 12.4. The highest BCUT2D eigenvalue weighted by Gasteiger charge is 2.37. The van der Waals surface area contributed by atoms with E-state index in [9.17, 15) is 4.79 Å². The van der Waals surface area contributed by atoms with Crippen LogP contribution in [0.25, 0.3) is 0 Å². The van der Waals surface area contributed by atoms with Gasteiger partial charge in [0.15, 0.2) is 5.78 Å². The molecule has 1 aliphatic heterocycles. The number of hydrogen-bond donors (Lipinski definition) is 0. The molecule has 2 rings (SSSR count). The van der Waals surface area contributed by atoms with Crippen LogP contribution in [-0.2, 0) is 0 Å². The lowest BCUT2D eigenvalue weighted by Crippen LogP contribution is -2.28. The highest BCUT2D eigenvalue weighted by atomic mass is 35.5. The fourth-order valence-electron chi connectivity index (χ4n) is 2.00. The van der Waals surface area contributed by atoms with Crippen LogP contribution in [0.5, 0.6) is 0 Å². The minimum absolute atomic E-state index is 0.219. The van der Waals surface area contributed by atoms with Crippen molar-refractivity contribution in [2.45, 2.75) is 31.4 Å². The van der Waals surface area contributed by atoms with E-state index in [1.807, 2.05) is 26.0 Å². The lowest BCUT2D eigenvalue weighted by atomic mass is 9.94. The number of aryl methyl sites for hydroxylation is 1. The Balaban J connectivity index is 2.30. The average Bonchev–Trinajstić information content (AvgIpc) is 2.70. The lowest BCUT2D eigenvalue weighted by molar-refractivity contribution is 0.0949. The molecule has 0 amide bonds. The number of carbonyl (C=O) groups excluding carboxylic acids is 1. The molecule has 1 aliphatic rings. The van der Waals surface area contributed by atoms with E-state index < -0.39 is 0 Å². The number of ketones is 1. The van der Waals surface area contributed by atoms with Gasteiger partial charge in [0.1, 0.15) is 0 Å². The van der Waals surface area contributed by atoms with Gasteiger partial charge in [0.05, 0.1) is 4.75 Å². The normalized spacial score (nSPS) is 24.7. The van der Waals surface area contributed by atoms with Gasteiger partial charge in [-0.05, 0) is 44.1 Å². The Kier molecular flexibility index (Phi) is 3.32. The van der Waals surface area contributed by atoms with E-state index in [1.54, 1.807) is 17.8 Å². The predicted octanol–water partition coefficient (Wildman–Crippen LogP) is 4.12. The molecule has 1 fully saturated rings. The molecule has 3 heteroatoms. The summed E-state index contributed by atoms with van der Waals surface area (Å²) in [6, 6.07) is 5.59. The van der Waals surface area contributed by atoms with Gasteiger partial charge < -0.3 is 0 Å². The second-order valence-corrected chi connectivity index (χ2v) is 6.48. The molecule has 16 heavy (non-hydrogen) atoms. The third-order valence-corrected chi connectivity index (χ3v) is 5.06. The van der Waals surface area contributed by atoms with Gasteiger partial charge in [0.25, 0.3) is 0 Å². The topological polar surface area (TPSA) is 17.1 Å². The molecule has 0 radical (unpaired) electrons. The van der Waals surface area contributed by atoms with Crippen LogP contribution in [0.15, 0.2) is 18.2 Å². The summed E-state index contributed by atoms with van der Waals surface area (Å²) < 4.78 is -0.238. The van der Waals surface area contributed by atoms with Crippen LogP contribution >= 0.6 is 23.4 Å². The molecule has 1 aromatic carbocycles. The van der Waals surface area contributed by atoms with Crippen LogP contribution in [0.3, 0.4) is 0 Å². The maximum Gasteiger partial charge on any atom is 0.178 e. The summed E-state index contributed by atoms with van der Waals surface area (Å²) in [6.45, 7) is 3.99. The standard InChI is InChI=1S/C13H15ClOS/c1-9-4-5-10(8-11(9)14)12(15)13(2)6-3-7-16-13/h4-5,8H,3,6-7H2,1-2H3. The SMILES string of the molecule is Cc1ccc(C(=O)C2(C)CCCS2)cc1Cl. The highest BCUT2D eigenvalue weighted by molar-refractivity contribution is 8.01. The number of carbonyl (C=O) groups is 1. The fraction of sp³-hybridized carbons (Fsp3) is 0.462. The monoisotopic (exact) mass is 254 g/mol. The molecule has 0 aromatic heterocycles. The number of thioether (sulfide) groups is 1. The van der Waals surface area contributed by atoms with Crippen LogP contribution < -0.4 is 0 Å². The molecule has 1 nitrogen and oxygen atoms in total. The van der Waals surface area contributed by atoms with Crippen molar-refractivity contribution >= 4 is 29.1 Å². The predicted molar refractivity (Wildman–Crippen MR) is 70.6 cm³/mol. The van der Waals surface area contributed by atoms with E-state index >= 15 is 0 Å². The van der Waals surface area contributed by atoms with Crippen molar-refractivity contribution < 1.29 is 4.79 Å². The average molecular weight is 255 g/mol. The van der Waals surface area contributed by atoms with Gasteiger partial charge in [-0.25, -0.2) is 0 Å². The summed E-state index contributed by atoms with van der Waals surface area (Å²) in [5.41, 5.74) is 1.76. The third-order valence-electron chi connectivity index (χ3n) is 3.13. The Morgan fingerprint density at radius 2 is 2.25 bits per heavy atom. The van der Waals surface area contributed by atoms with Gasteiger partial charge in [0.2, 0.25) is 0 Å². The number of rotatable bonds is 2. The van der Waals surface area contributed by atoms with Gasteiger partial charge in [-0.15, -0.1) is 11.8 Å². The molecule has 1 atom stereocenters. The third kappa shape index (κ3) is 2.14. The van der Waals surface area contributed by atoms with Crippen LogP contribution in [-0.4, -0.2) is 16.3 Å². The molecule has 0 bridgehead atoms. The molecule has 0 N–H and O–H groups in total. The van der Waals surface area contributed by atoms with Gasteiger partial charge in [0, 0.05) is 10.6 Å². The second kappa shape index (κ2) is 4.42. The zero-order valence-electron chi connectivity index (χ0n) is 9.55. The summed E-state index contributed by atoms with van der Waals surface area (Å²) in [4.78, 5) is 12.4. The van der Waals surface area contributed by atoms with Gasteiger partial charge in [-0.3, -0.25) is 4.79 Å². The van der Waals surface area contributed by atoms with Crippen molar-refractivity contribution in [2.24, 2.45) is 0 Å². The highest BCUT2D eigenvalue weighted by Crippen LogP contribution is 2.40. The number of benzene rings is 1. The number of halogens is 1. The summed E-state index contributed by atoms with van der Waals surface area (Å²) in [5, 5.41) is 0.678. The van der Waals surface area contributed by atoms with Crippen molar-refractivity contribution in [2.75, 3.05) is 5.75 Å². The number of Topliss-reactive ketones (excluding diaryl/α,β-unsaturated/α-hetero) is 1. The van der Waals surface area contributed by atoms with E-state index in [0.29, 0.717) is 5.02 Å². The molecule has 1 unspecified atom stereocenters. The van der Waals surface area contributed by atoms with Gasteiger partial charge in [-0.2, -0.15) is 0 Å². The zero-order valence-corrected chi connectivity index (χ0v) is 11.1. The minimum Gasteiger partial charge on any atom is -0.293 e. The Hall–Kier alpha value is -0.470. The summed E-state index contributed by atoms with van der Waals surface area (Å²) >= 11 is 7.82. The molecule has 1 heterocycles. The van der Waals surface area contributed by atoms with Crippen molar-refractivity contribution in [1.29, 1.82) is 0 Å².